The summed E-state index contributed by atoms with van der Waals surface area (Å²) in [4.78, 5) is 8.96. The summed E-state index contributed by atoms with van der Waals surface area (Å²) in [5.41, 5.74) is 0.885. The molecule has 0 N–H and O–H groups in total. The minimum absolute atomic E-state index is 0.0628. The van der Waals surface area contributed by atoms with Gasteiger partial charge in [0.15, 0.2) is 0 Å². The van der Waals surface area contributed by atoms with Gasteiger partial charge in [0.25, 0.3) is 0 Å². The number of halogens is 1. The zero-order valence-corrected chi connectivity index (χ0v) is 13.7. The van der Waals surface area contributed by atoms with Gasteiger partial charge in [-0.05, 0) is 31.2 Å². The zero-order chi connectivity index (χ0) is 16.2. The predicted octanol–water partition coefficient (Wildman–Crippen LogP) is 2.59. The van der Waals surface area contributed by atoms with E-state index in [1.807, 2.05) is 24.3 Å². The molecule has 0 aliphatic carbocycles. The lowest BCUT2D eigenvalue weighted by Gasteiger charge is -2.35. The van der Waals surface area contributed by atoms with E-state index in [0.717, 1.165) is 31.7 Å². The maximum absolute atomic E-state index is 8.75. The van der Waals surface area contributed by atoms with Crippen molar-refractivity contribution in [3.63, 3.8) is 0 Å². The van der Waals surface area contributed by atoms with Gasteiger partial charge in [0, 0.05) is 36.8 Å². The minimum atomic E-state index is 0.0628. The van der Waals surface area contributed by atoms with E-state index in [0.29, 0.717) is 23.3 Å². The van der Waals surface area contributed by atoms with Gasteiger partial charge in [0.05, 0.1) is 18.7 Å². The summed E-state index contributed by atoms with van der Waals surface area (Å²) in [6.07, 6.45) is 0. The van der Waals surface area contributed by atoms with Gasteiger partial charge < -0.3 is 4.52 Å². The number of nitrogens with zero attached hydrogens (tertiary/aromatic N) is 5. The molecule has 2 aromatic rings. The van der Waals surface area contributed by atoms with E-state index >= 15 is 0 Å². The summed E-state index contributed by atoms with van der Waals surface area (Å²) >= 11 is 5.90. The Labute approximate surface area is 140 Å². The molecule has 23 heavy (non-hydrogen) atoms. The van der Waals surface area contributed by atoms with E-state index in [1.54, 1.807) is 0 Å². The van der Waals surface area contributed by atoms with Crippen LogP contribution in [-0.4, -0.2) is 52.7 Å². The van der Waals surface area contributed by atoms with Crippen molar-refractivity contribution < 1.29 is 4.52 Å². The molecule has 1 atom stereocenters. The van der Waals surface area contributed by atoms with Crippen LogP contribution < -0.4 is 0 Å². The lowest BCUT2D eigenvalue weighted by molar-refractivity contribution is 0.0955. The van der Waals surface area contributed by atoms with Crippen molar-refractivity contribution in [3.05, 3.63) is 35.2 Å². The van der Waals surface area contributed by atoms with Gasteiger partial charge in [-0.3, -0.25) is 9.80 Å². The number of piperazine rings is 1. The van der Waals surface area contributed by atoms with Crippen LogP contribution in [0.15, 0.2) is 28.8 Å². The number of rotatable bonds is 4. The maximum Gasteiger partial charge on any atom is 0.244 e. The fraction of sp³-hybridized carbons (Fsp3) is 0.438. The zero-order valence-electron chi connectivity index (χ0n) is 12.9. The number of hydrogen-bond acceptors (Lipinski definition) is 6. The van der Waals surface area contributed by atoms with E-state index in [9.17, 15) is 0 Å². The maximum atomic E-state index is 8.75. The van der Waals surface area contributed by atoms with Gasteiger partial charge in [0.2, 0.25) is 11.7 Å². The molecule has 7 heteroatoms. The number of benzene rings is 1. The second kappa shape index (κ2) is 7.09. The predicted molar refractivity (Wildman–Crippen MR) is 86.8 cm³/mol. The summed E-state index contributed by atoms with van der Waals surface area (Å²) in [5, 5.41) is 13.5. The van der Waals surface area contributed by atoms with Crippen LogP contribution in [0.4, 0.5) is 0 Å². The Morgan fingerprint density at radius 3 is 2.61 bits per heavy atom. The molecule has 1 fully saturated rings. The van der Waals surface area contributed by atoms with Gasteiger partial charge in [-0.25, -0.2) is 0 Å². The van der Waals surface area contributed by atoms with Crippen LogP contribution in [0, 0.1) is 11.3 Å². The Hall–Kier alpha value is -1.94. The molecule has 0 unspecified atom stereocenters. The molecule has 0 saturated carbocycles. The molecule has 2 heterocycles. The van der Waals surface area contributed by atoms with Gasteiger partial charge in [0.1, 0.15) is 0 Å². The van der Waals surface area contributed by atoms with Crippen LogP contribution in [0.25, 0.3) is 11.4 Å². The van der Waals surface area contributed by atoms with Crippen LogP contribution in [-0.2, 0) is 0 Å². The van der Waals surface area contributed by atoms with E-state index < -0.39 is 0 Å². The highest BCUT2D eigenvalue weighted by Crippen LogP contribution is 2.24. The number of hydrogen-bond donors (Lipinski definition) is 0. The third-order valence-corrected chi connectivity index (χ3v) is 4.40. The molecule has 0 bridgehead atoms. The first-order chi connectivity index (χ1) is 11.2. The van der Waals surface area contributed by atoms with Gasteiger partial charge in [-0.15, -0.1) is 0 Å². The Bertz CT molecular complexity index is 685. The quantitative estimate of drug-likeness (QED) is 0.802. The number of aromatic nitrogens is 2. The molecule has 1 aromatic carbocycles. The lowest BCUT2D eigenvalue weighted by Crippen LogP contribution is -2.47. The fourth-order valence-corrected chi connectivity index (χ4v) is 2.81. The van der Waals surface area contributed by atoms with Crippen molar-refractivity contribution in [1.82, 2.24) is 19.9 Å². The molecule has 0 spiro atoms. The highest BCUT2D eigenvalue weighted by Gasteiger charge is 2.25. The Kier molecular flexibility index (Phi) is 4.91. The third-order valence-electron chi connectivity index (χ3n) is 4.15. The topological polar surface area (TPSA) is 69.2 Å². The van der Waals surface area contributed by atoms with Gasteiger partial charge in [-0.1, -0.05) is 16.8 Å². The third kappa shape index (κ3) is 3.70. The summed E-state index contributed by atoms with van der Waals surface area (Å²) in [6.45, 7) is 6.11. The van der Waals surface area contributed by atoms with Crippen molar-refractivity contribution in [3.8, 4) is 17.5 Å². The van der Waals surface area contributed by atoms with Crippen LogP contribution in [0.3, 0.4) is 0 Å². The summed E-state index contributed by atoms with van der Waals surface area (Å²) < 4.78 is 5.44. The molecular weight excluding hydrogens is 314 g/mol. The molecule has 1 aliphatic heterocycles. The summed E-state index contributed by atoms with van der Waals surface area (Å²) in [7, 11) is 0. The lowest BCUT2D eigenvalue weighted by atomic mass is 10.2. The van der Waals surface area contributed by atoms with Crippen LogP contribution >= 0.6 is 11.6 Å². The largest absolute Gasteiger partial charge is 0.337 e. The van der Waals surface area contributed by atoms with Crippen molar-refractivity contribution in [2.45, 2.75) is 13.0 Å². The molecule has 1 aromatic heterocycles. The summed E-state index contributed by atoms with van der Waals surface area (Å²) in [5.74, 6) is 1.19. The minimum Gasteiger partial charge on any atom is -0.337 e. The molecular formula is C16H18ClN5O. The van der Waals surface area contributed by atoms with Crippen LogP contribution in [0.1, 0.15) is 18.9 Å². The normalized spacial score (nSPS) is 17.8. The molecule has 1 aliphatic rings. The Morgan fingerprint density at radius 2 is 1.96 bits per heavy atom. The fourth-order valence-electron chi connectivity index (χ4n) is 2.69. The molecule has 0 amide bonds. The SMILES string of the molecule is C[C@@H](c1nc(-c2ccc(Cl)cc2)no1)N1CCN(CC#N)CC1. The molecule has 1 saturated heterocycles. The number of nitriles is 1. The highest BCUT2D eigenvalue weighted by atomic mass is 35.5. The molecule has 120 valence electrons. The smallest absolute Gasteiger partial charge is 0.244 e. The van der Waals surface area contributed by atoms with Crippen molar-refractivity contribution >= 4 is 11.6 Å². The first kappa shape index (κ1) is 15.9. The van der Waals surface area contributed by atoms with Crippen molar-refractivity contribution in [1.29, 1.82) is 5.26 Å². The average molecular weight is 332 g/mol. The van der Waals surface area contributed by atoms with Crippen LogP contribution in [0.2, 0.25) is 5.02 Å². The molecule has 6 nitrogen and oxygen atoms in total. The van der Waals surface area contributed by atoms with Gasteiger partial charge >= 0.3 is 0 Å². The van der Waals surface area contributed by atoms with E-state index in [2.05, 4.69) is 32.9 Å². The monoisotopic (exact) mass is 331 g/mol. The molecule has 3 rings (SSSR count). The highest BCUT2D eigenvalue weighted by molar-refractivity contribution is 6.30. The Morgan fingerprint density at radius 1 is 1.26 bits per heavy atom. The summed E-state index contributed by atoms with van der Waals surface area (Å²) in [6, 6.07) is 9.63. The van der Waals surface area contributed by atoms with E-state index in [4.69, 9.17) is 21.4 Å². The Balaban J connectivity index is 1.66. The van der Waals surface area contributed by atoms with E-state index in [1.165, 1.54) is 0 Å². The van der Waals surface area contributed by atoms with E-state index in [-0.39, 0.29) is 6.04 Å². The second-order valence-corrected chi connectivity index (χ2v) is 6.05. The standard InChI is InChI=1S/C16H18ClN5O/c1-12(22-10-8-21(7-6-18)9-11-22)16-19-15(20-23-16)13-2-4-14(17)5-3-13/h2-5,12H,7-11H2,1H3/t12-/m0/s1. The average Bonchev–Trinajstić information content (AvgIpc) is 3.06. The van der Waals surface area contributed by atoms with Gasteiger partial charge in [-0.2, -0.15) is 10.2 Å². The second-order valence-electron chi connectivity index (χ2n) is 5.61. The van der Waals surface area contributed by atoms with Crippen molar-refractivity contribution in [2.24, 2.45) is 0 Å². The van der Waals surface area contributed by atoms with Crippen LogP contribution in [0.5, 0.6) is 0 Å². The first-order valence-corrected chi connectivity index (χ1v) is 7.98. The first-order valence-electron chi connectivity index (χ1n) is 7.60. The van der Waals surface area contributed by atoms with Crippen molar-refractivity contribution in [2.75, 3.05) is 32.7 Å². The molecule has 0 radical (unpaired) electrons.